The molecule has 2 aromatic heterocycles. The van der Waals surface area contributed by atoms with E-state index < -0.39 is 4.92 Å². The first-order chi connectivity index (χ1) is 11.2. The second-order valence-corrected chi connectivity index (χ2v) is 4.67. The van der Waals surface area contributed by atoms with Gasteiger partial charge >= 0.3 is 5.69 Å². The van der Waals surface area contributed by atoms with Crippen LogP contribution in [0.4, 0.5) is 11.5 Å². The number of para-hydroxylation sites is 1. The monoisotopic (exact) mass is 311 g/mol. The minimum absolute atomic E-state index is 0.120. The Morgan fingerprint density at radius 3 is 2.74 bits per heavy atom. The quantitative estimate of drug-likeness (QED) is 0.443. The predicted octanol–water partition coefficient (Wildman–Crippen LogP) is 3.13. The lowest BCUT2D eigenvalue weighted by Gasteiger charge is -2.05. The van der Waals surface area contributed by atoms with Crippen molar-refractivity contribution in [2.24, 2.45) is 5.10 Å². The minimum atomic E-state index is -0.480. The van der Waals surface area contributed by atoms with Gasteiger partial charge in [0.15, 0.2) is 0 Å². The van der Waals surface area contributed by atoms with Crippen molar-refractivity contribution in [1.29, 1.82) is 0 Å². The number of anilines is 1. The van der Waals surface area contributed by atoms with E-state index in [2.05, 4.69) is 15.6 Å². The third-order valence-electron chi connectivity index (χ3n) is 3.12. The Bertz CT molecular complexity index is 838. The number of nitrogens with one attached hydrogen (secondary N) is 1. The van der Waals surface area contributed by atoms with E-state index in [1.807, 2.05) is 18.2 Å². The Kier molecular flexibility index (Phi) is 3.88. The Balaban J connectivity index is 2.00. The number of hydrogen-bond acceptors (Lipinski definition) is 6. The molecule has 0 atom stereocenters. The molecule has 0 saturated heterocycles. The summed E-state index contributed by atoms with van der Waals surface area (Å²) >= 11 is 0. The Morgan fingerprint density at radius 2 is 2.09 bits per heavy atom. The predicted molar refractivity (Wildman–Crippen MR) is 84.9 cm³/mol. The van der Waals surface area contributed by atoms with Crippen LogP contribution in [0.1, 0.15) is 11.5 Å². The number of benzene rings is 1. The molecule has 116 valence electrons. The normalized spacial score (nSPS) is 11.0. The molecule has 8 heteroatoms. The third kappa shape index (κ3) is 2.95. The molecule has 1 aromatic carbocycles. The van der Waals surface area contributed by atoms with Gasteiger partial charge in [-0.15, -0.1) is 0 Å². The molecule has 0 saturated carbocycles. The number of hydrogen-bond donors (Lipinski definition) is 1. The number of furan rings is 1. The SMILES string of the molecule is Cc1nn(-c2ccccc2)c(N/N=C/c2ccco2)c1[N+](=O)[O-]. The van der Waals surface area contributed by atoms with Gasteiger partial charge in [0, 0.05) is 0 Å². The molecule has 0 spiro atoms. The van der Waals surface area contributed by atoms with Gasteiger partial charge in [0.2, 0.25) is 5.82 Å². The van der Waals surface area contributed by atoms with E-state index >= 15 is 0 Å². The fraction of sp³-hybridized carbons (Fsp3) is 0.0667. The second-order valence-electron chi connectivity index (χ2n) is 4.67. The van der Waals surface area contributed by atoms with Crippen molar-refractivity contribution < 1.29 is 9.34 Å². The van der Waals surface area contributed by atoms with Crippen molar-refractivity contribution in [3.8, 4) is 5.69 Å². The number of aryl methyl sites for hydroxylation is 1. The van der Waals surface area contributed by atoms with Crippen LogP contribution in [0.2, 0.25) is 0 Å². The van der Waals surface area contributed by atoms with Crippen LogP contribution in [0, 0.1) is 17.0 Å². The number of hydrazone groups is 1. The average molecular weight is 311 g/mol. The van der Waals surface area contributed by atoms with E-state index in [-0.39, 0.29) is 11.5 Å². The zero-order valence-electron chi connectivity index (χ0n) is 12.2. The number of rotatable bonds is 5. The molecular weight excluding hydrogens is 298 g/mol. The lowest BCUT2D eigenvalue weighted by Crippen LogP contribution is -2.03. The summed E-state index contributed by atoms with van der Waals surface area (Å²) in [6.45, 7) is 1.58. The van der Waals surface area contributed by atoms with Crippen LogP contribution in [-0.4, -0.2) is 20.9 Å². The molecule has 0 radical (unpaired) electrons. The van der Waals surface area contributed by atoms with Gasteiger partial charge < -0.3 is 4.42 Å². The smallest absolute Gasteiger partial charge is 0.335 e. The minimum Gasteiger partial charge on any atom is -0.463 e. The fourth-order valence-corrected chi connectivity index (χ4v) is 2.12. The lowest BCUT2D eigenvalue weighted by atomic mass is 10.3. The molecule has 3 aromatic rings. The van der Waals surface area contributed by atoms with E-state index in [4.69, 9.17) is 4.42 Å². The van der Waals surface area contributed by atoms with Gasteiger partial charge in [-0.05, 0) is 31.2 Å². The van der Waals surface area contributed by atoms with Crippen LogP contribution in [-0.2, 0) is 0 Å². The van der Waals surface area contributed by atoms with Gasteiger partial charge in [0.25, 0.3) is 0 Å². The number of nitro groups is 1. The van der Waals surface area contributed by atoms with Gasteiger partial charge in [-0.3, -0.25) is 15.5 Å². The molecule has 0 fully saturated rings. The molecule has 1 N–H and O–H groups in total. The summed E-state index contributed by atoms with van der Waals surface area (Å²) in [5.41, 5.74) is 3.56. The lowest BCUT2D eigenvalue weighted by molar-refractivity contribution is -0.384. The van der Waals surface area contributed by atoms with Crippen LogP contribution in [0.15, 0.2) is 58.2 Å². The first-order valence-electron chi connectivity index (χ1n) is 6.79. The van der Waals surface area contributed by atoms with Gasteiger partial charge in [0.05, 0.1) is 23.1 Å². The maximum atomic E-state index is 11.3. The van der Waals surface area contributed by atoms with Crippen LogP contribution in [0.3, 0.4) is 0 Å². The average Bonchev–Trinajstić information content (AvgIpc) is 3.16. The third-order valence-corrected chi connectivity index (χ3v) is 3.12. The first kappa shape index (κ1) is 14.5. The Morgan fingerprint density at radius 1 is 1.30 bits per heavy atom. The van der Waals surface area contributed by atoms with E-state index in [9.17, 15) is 10.1 Å². The molecule has 0 bridgehead atoms. The van der Waals surface area contributed by atoms with E-state index in [1.54, 1.807) is 31.2 Å². The molecule has 0 aliphatic heterocycles. The first-order valence-corrected chi connectivity index (χ1v) is 6.79. The maximum absolute atomic E-state index is 11.3. The summed E-state index contributed by atoms with van der Waals surface area (Å²) in [5, 5.41) is 19.5. The van der Waals surface area contributed by atoms with Crippen molar-refractivity contribution >= 4 is 17.7 Å². The van der Waals surface area contributed by atoms with Gasteiger partial charge in [-0.1, -0.05) is 18.2 Å². The van der Waals surface area contributed by atoms with Gasteiger partial charge in [-0.25, -0.2) is 4.68 Å². The highest BCUT2D eigenvalue weighted by Crippen LogP contribution is 2.30. The standard InChI is InChI=1S/C15H13N5O3/c1-11-14(20(21)22)15(17-16-10-13-8-5-9-23-13)19(18-11)12-6-3-2-4-7-12/h2-10,17H,1H3/b16-10+. The fourth-order valence-electron chi connectivity index (χ4n) is 2.12. The molecule has 23 heavy (non-hydrogen) atoms. The van der Waals surface area contributed by atoms with Crippen LogP contribution in [0.25, 0.3) is 5.69 Å². The maximum Gasteiger partial charge on any atom is 0.335 e. The second kappa shape index (κ2) is 6.14. The van der Waals surface area contributed by atoms with Gasteiger partial charge in [-0.2, -0.15) is 10.2 Å². The summed E-state index contributed by atoms with van der Waals surface area (Å²) in [6, 6.07) is 12.6. The molecule has 8 nitrogen and oxygen atoms in total. The summed E-state index contributed by atoms with van der Waals surface area (Å²) in [7, 11) is 0. The largest absolute Gasteiger partial charge is 0.463 e. The summed E-state index contributed by atoms with van der Waals surface area (Å²) in [5.74, 6) is 0.712. The molecule has 0 amide bonds. The van der Waals surface area contributed by atoms with Crippen LogP contribution >= 0.6 is 0 Å². The highest BCUT2D eigenvalue weighted by molar-refractivity contribution is 5.77. The molecule has 0 aliphatic rings. The van der Waals surface area contributed by atoms with Crippen molar-refractivity contribution in [3.63, 3.8) is 0 Å². The molecule has 3 rings (SSSR count). The zero-order chi connectivity index (χ0) is 16.2. The van der Waals surface area contributed by atoms with Crippen LogP contribution in [0.5, 0.6) is 0 Å². The molecule has 2 heterocycles. The Labute approximate surface area is 131 Å². The van der Waals surface area contributed by atoms with Crippen molar-refractivity contribution in [3.05, 3.63) is 70.3 Å². The van der Waals surface area contributed by atoms with Crippen molar-refractivity contribution in [1.82, 2.24) is 9.78 Å². The highest BCUT2D eigenvalue weighted by atomic mass is 16.6. The molecule has 0 aliphatic carbocycles. The molecular formula is C15H13N5O3. The van der Waals surface area contributed by atoms with Gasteiger partial charge in [0.1, 0.15) is 11.5 Å². The van der Waals surface area contributed by atoms with E-state index in [1.165, 1.54) is 17.2 Å². The number of nitrogens with zero attached hydrogens (tertiary/aromatic N) is 4. The summed E-state index contributed by atoms with van der Waals surface area (Å²) in [4.78, 5) is 10.8. The highest BCUT2D eigenvalue weighted by Gasteiger charge is 2.25. The van der Waals surface area contributed by atoms with Crippen molar-refractivity contribution in [2.75, 3.05) is 5.43 Å². The molecule has 0 unspecified atom stereocenters. The van der Waals surface area contributed by atoms with E-state index in [0.717, 1.165) is 0 Å². The van der Waals surface area contributed by atoms with E-state index in [0.29, 0.717) is 17.1 Å². The Hall–Kier alpha value is -3.42. The summed E-state index contributed by atoms with van der Waals surface area (Å²) in [6.07, 6.45) is 2.95. The number of aromatic nitrogens is 2. The summed E-state index contributed by atoms with van der Waals surface area (Å²) < 4.78 is 6.57. The zero-order valence-corrected chi connectivity index (χ0v) is 12.2. The topological polar surface area (TPSA) is 98.5 Å². The van der Waals surface area contributed by atoms with Crippen LogP contribution < -0.4 is 5.43 Å². The van der Waals surface area contributed by atoms with Crippen molar-refractivity contribution in [2.45, 2.75) is 6.92 Å².